The Morgan fingerprint density at radius 3 is 2.57 bits per heavy atom. The Hall–Kier alpha value is -1.14. The zero-order valence-electron chi connectivity index (χ0n) is 14.2. The van der Waals surface area contributed by atoms with Crippen LogP contribution in [-0.4, -0.2) is 39.6 Å². The first-order chi connectivity index (χ1) is 10.6. The van der Waals surface area contributed by atoms with Crippen molar-refractivity contribution in [2.24, 2.45) is 23.2 Å². The summed E-state index contributed by atoms with van der Waals surface area (Å²) in [7, 11) is 0. The van der Waals surface area contributed by atoms with Gasteiger partial charge in [0.05, 0.1) is 5.92 Å². The Kier molecular flexibility index (Phi) is 3.58. The molecule has 3 rings (SSSR count). The number of hydrogen-bond acceptors (Lipinski definition) is 6. The summed E-state index contributed by atoms with van der Waals surface area (Å²) < 4.78 is 10.7. The highest BCUT2D eigenvalue weighted by Gasteiger charge is 2.77. The Balaban J connectivity index is 2.16. The van der Waals surface area contributed by atoms with Crippen molar-refractivity contribution in [2.75, 3.05) is 0 Å². The fourth-order valence-electron chi connectivity index (χ4n) is 5.17. The van der Waals surface area contributed by atoms with Crippen LogP contribution >= 0.6 is 0 Å². The van der Waals surface area contributed by atoms with E-state index >= 15 is 0 Å². The summed E-state index contributed by atoms with van der Waals surface area (Å²) in [4.78, 5) is 23.8. The van der Waals surface area contributed by atoms with Crippen LogP contribution in [0.4, 0.5) is 0 Å². The number of fused-ring (bicyclic) bond motifs is 2. The van der Waals surface area contributed by atoms with Crippen LogP contribution in [0.2, 0.25) is 0 Å². The topological polar surface area (TPSA) is 93.1 Å². The number of ether oxygens (including phenoxy) is 2. The van der Waals surface area contributed by atoms with E-state index in [1.165, 1.54) is 13.8 Å². The molecule has 3 fully saturated rings. The van der Waals surface area contributed by atoms with Crippen molar-refractivity contribution in [3.8, 4) is 0 Å². The van der Waals surface area contributed by atoms with Crippen LogP contribution in [0, 0.1) is 23.2 Å². The molecule has 0 aromatic rings. The molecule has 0 unspecified atom stereocenters. The molecule has 2 N–H and O–H groups in total. The predicted octanol–water partition coefficient (Wildman–Crippen LogP) is 1.38. The first-order valence-electron chi connectivity index (χ1n) is 8.42. The molecule has 2 saturated carbocycles. The average molecular weight is 326 g/mol. The van der Waals surface area contributed by atoms with Gasteiger partial charge in [0.15, 0.2) is 5.60 Å². The molecule has 1 heterocycles. The Morgan fingerprint density at radius 2 is 1.96 bits per heavy atom. The van der Waals surface area contributed by atoms with E-state index in [1.54, 1.807) is 0 Å². The molecule has 0 bridgehead atoms. The van der Waals surface area contributed by atoms with Crippen molar-refractivity contribution in [1.29, 1.82) is 0 Å². The third-order valence-corrected chi connectivity index (χ3v) is 6.81. The molecule has 0 aromatic heterocycles. The van der Waals surface area contributed by atoms with Crippen LogP contribution < -0.4 is 0 Å². The molecule has 7 atom stereocenters. The van der Waals surface area contributed by atoms with Crippen LogP contribution in [0.5, 0.6) is 0 Å². The molecule has 23 heavy (non-hydrogen) atoms. The maximum Gasteiger partial charge on any atom is 0.314 e. The van der Waals surface area contributed by atoms with Crippen molar-refractivity contribution < 1.29 is 29.3 Å². The van der Waals surface area contributed by atoms with Gasteiger partial charge in [-0.2, -0.15) is 0 Å². The standard InChI is InChI=1S/C17H26O6/c1-9-6-5-7-12-8-16(20)17(21,10(2)13(19)23-16)14(15(9,12)4)22-11(3)18/h9-10,12,14,20-21H,5-8H2,1-4H3/t9-,10+,12+,14-,15+,16-,17-/m0/s1. The highest BCUT2D eigenvalue weighted by atomic mass is 16.7. The van der Waals surface area contributed by atoms with Crippen molar-refractivity contribution in [3.63, 3.8) is 0 Å². The summed E-state index contributed by atoms with van der Waals surface area (Å²) in [6.45, 7) is 6.89. The normalized spacial score (nSPS) is 52.3. The second-order valence-electron chi connectivity index (χ2n) is 7.84. The SMILES string of the molecule is CC(=O)O[C@H]1[C@@]2(C)[C@H](CCC[C@@H]2C)C[C@]2(O)OC(=O)[C@@H](C)[C@]12O. The van der Waals surface area contributed by atoms with Gasteiger partial charge in [-0.05, 0) is 25.2 Å². The van der Waals surface area contributed by atoms with Crippen LogP contribution in [0.3, 0.4) is 0 Å². The zero-order chi connectivity index (χ0) is 17.2. The summed E-state index contributed by atoms with van der Waals surface area (Å²) in [5.74, 6) is -3.92. The van der Waals surface area contributed by atoms with Crippen LogP contribution in [0.15, 0.2) is 0 Å². The van der Waals surface area contributed by atoms with Crippen molar-refractivity contribution in [3.05, 3.63) is 0 Å². The van der Waals surface area contributed by atoms with Gasteiger partial charge in [-0.1, -0.05) is 26.7 Å². The van der Waals surface area contributed by atoms with Gasteiger partial charge in [0.2, 0.25) is 5.79 Å². The third kappa shape index (κ3) is 1.94. The number of rotatable bonds is 1. The largest absolute Gasteiger partial charge is 0.459 e. The maximum atomic E-state index is 12.1. The molecule has 0 aromatic carbocycles. The summed E-state index contributed by atoms with van der Waals surface area (Å²) in [6.07, 6.45) is 2.02. The lowest BCUT2D eigenvalue weighted by atomic mass is 9.48. The highest BCUT2D eigenvalue weighted by molar-refractivity contribution is 5.78. The van der Waals surface area contributed by atoms with Crippen LogP contribution in [0.25, 0.3) is 0 Å². The molecule has 0 spiro atoms. The number of carbonyl (C=O) groups is 2. The first-order valence-corrected chi connectivity index (χ1v) is 8.42. The van der Waals surface area contributed by atoms with Gasteiger partial charge in [0, 0.05) is 18.8 Å². The van der Waals surface area contributed by atoms with Crippen LogP contribution in [0.1, 0.15) is 53.4 Å². The second kappa shape index (κ2) is 4.93. The van der Waals surface area contributed by atoms with E-state index in [4.69, 9.17) is 9.47 Å². The Bertz CT molecular complexity index is 547. The van der Waals surface area contributed by atoms with E-state index in [-0.39, 0.29) is 18.3 Å². The lowest BCUT2D eigenvalue weighted by Crippen LogP contribution is -2.73. The summed E-state index contributed by atoms with van der Waals surface area (Å²) in [5, 5.41) is 22.3. The zero-order valence-corrected chi connectivity index (χ0v) is 14.2. The summed E-state index contributed by atoms with van der Waals surface area (Å²) >= 11 is 0. The van der Waals surface area contributed by atoms with E-state index in [2.05, 4.69) is 6.92 Å². The smallest absolute Gasteiger partial charge is 0.314 e. The van der Waals surface area contributed by atoms with Crippen LogP contribution in [-0.2, 0) is 19.1 Å². The van der Waals surface area contributed by atoms with Gasteiger partial charge in [0.1, 0.15) is 6.10 Å². The molecule has 130 valence electrons. The number of carbonyl (C=O) groups excluding carboxylic acids is 2. The minimum Gasteiger partial charge on any atom is -0.459 e. The van der Waals surface area contributed by atoms with Gasteiger partial charge >= 0.3 is 11.9 Å². The van der Waals surface area contributed by atoms with Gasteiger partial charge in [-0.25, -0.2) is 0 Å². The monoisotopic (exact) mass is 326 g/mol. The quantitative estimate of drug-likeness (QED) is 0.707. The fourth-order valence-corrected chi connectivity index (χ4v) is 5.17. The van der Waals surface area contributed by atoms with Gasteiger partial charge < -0.3 is 19.7 Å². The average Bonchev–Trinajstić information content (AvgIpc) is 2.62. The summed E-state index contributed by atoms with van der Waals surface area (Å²) in [6, 6.07) is 0. The predicted molar refractivity (Wildman–Crippen MR) is 79.9 cm³/mol. The van der Waals surface area contributed by atoms with E-state index in [1.807, 2.05) is 6.92 Å². The minimum atomic E-state index is -2.00. The highest BCUT2D eigenvalue weighted by Crippen LogP contribution is 2.63. The molecule has 6 nitrogen and oxygen atoms in total. The van der Waals surface area contributed by atoms with E-state index < -0.39 is 40.8 Å². The first kappa shape index (κ1) is 16.7. The Labute approximate surface area is 136 Å². The minimum absolute atomic E-state index is 0.0129. The van der Waals surface area contributed by atoms with Crippen molar-refractivity contribution in [1.82, 2.24) is 0 Å². The number of hydrogen-bond donors (Lipinski definition) is 2. The fraction of sp³-hybridized carbons (Fsp3) is 0.882. The lowest BCUT2D eigenvalue weighted by molar-refractivity contribution is -0.342. The maximum absolute atomic E-state index is 12.1. The second-order valence-corrected chi connectivity index (χ2v) is 7.84. The van der Waals surface area contributed by atoms with Gasteiger partial charge in [0.25, 0.3) is 0 Å². The Morgan fingerprint density at radius 1 is 1.30 bits per heavy atom. The molecule has 0 radical (unpaired) electrons. The summed E-state index contributed by atoms with van der Waals surface area (Å²) in [5.41, 5.74) is -2.43. The molecule has 1 aliphatic heterocycles. The molecular formula is C17H26O6. The number of aliphatic hydroxyl groups is 2. The van der Waals surface area contributed by atoms with E-state index in [0.29, 0.717) is 0 Å². The van der Waals surface area contributed by atoms with E-state index in [9.17, 15) is 19.8 Å². The van der Waals surface area contributed by atoms with Gasteiger partial charge in [-0.3, -0.25) is 9.59 Å². The van der Waals surface area contributed by atoms with E-state index in [0.717, 1.165) is 19.3 Å². The third-order valence-electron chi connectivity index (χ3n) is 6.81. The molecular weight excluding hydrogens is 300 g/mol. The molecule has 6 heteroatoms. The number of esters is 2. The molecule has 2 aliphatic carbocycles. The molecule has 1 saturated heterocycles. The molecule has 3 aliphatic rings. The van der Waals surface area contributed by atoms with Crippen molar-refractivity contribution in [2.45, 2.75) is 70.9 Å². The van der Waals surface area contributed by atoms with Gasteiger partial charge in [-0.15, -0.1) is 0 Å². The molecule has 0 amide bonds. The van der Waals surface area contributed by atoms with Crippen molar-refractivity contribution >= 4 is 11.9 Å². The lowest BCUT2D eigenvalue weighted by Gasteiger charge is -2.60.